The predicted molar refractivity (Wildman–Crippen MR) is 91.6 cm³/mol. The largest absolute Gasteiger partial charge is 0.320 e. The molecule has 3 nitrogen and oxygen atoms in total. The van der Waals surface area contributed by atoms with Gasteiger partial charge in [-0.15, -0.1) is 0 Å². The van der Waals surface area contributed by atoms with Gasteiger partial charge in [0.05, 0.1) is 17.4 Å². The maximum atomic E-state index is 14.3. The lowest BCUT2D eigenvalue weighted by atomic mass is 10.2. The fourth-order valence-electron chi connectivity index (χ4n) is 2.44. The van der Waals surface area contributed by atoms with E-state index in [9.17, 15) is 17.6 Å². The van der Waals surface area contributed by atoms with Crippen LogP contribution in [0.5, 0.6) is 0 Å². The second-order valence-electron chi connectivity index (χ2n) is 5.08. The number of hydrogen-bond donors (Lipinski definition) is 0. The van der Waals surface area contributed by atoms with Crippen LogP contribution in [0.15, 0.2) is 40.9 Å². The summed E-state index contributed by atoms with van der Waals surface area (Å²) in [6.45, 7) is -0.827. The van der Waals surface area contributed by atoms with Crippen molar-refractivity contribution in [3.63, 3.8) is 0 Å². The van der Waals surface area contributed by atoms with Crippen LogP contribution in [-0.2, 0) is 0 Å². The van der Waals surface area contributed by atoms with E-state index in [-0.39, 0.29) is 27.7 Å². The normalized spacial score (nSPS) is 11.3. The molecule has 0 spiro atoms. The van der Waals surface area contributed by atoms with E-state index in [0.717, 1.165) is 17.0 Å². The van der Waals surface area contributed by atoms with Crippen molar-refractivity contribution in [3.8, 4) is 0 Å². The topological polar surface area (TPSA) is 29.0 Å². The van der Waals surface area contributed by atoms with Gasteiger partial charge < -0.3 is 4.90 Å². The van der Waals surface area contributed by atoms with Gasteiger partial charge in [-0.05, 0) is 41.9 Å². The lowest BCUT2D eigenvalue weighted by Crippen LogP contribution is -2.25. The molecule has 0 saturated heterocycles. The molecule has 1 heterocycles. The number of halogens is 6. The number of anilines is 2. The van der Waals surface area contributed by atoms with Crippen molar-refractivity contribution in [2.75, 3.05) is 11.4 Å². The van der Waals surface area contributed by atoms with Crippen molar-refractivity contribution in [2.45, 2.75) is 6.43 Å². The van der Waals surface area contributed by atoms with Crippen LogP contribution in [0.25, 0.3) is 10.9 Å². The van der Waals surface area contributed by atoms with Crippen LogP contribution >= 0.6 is 27.5 Å². The Bertz CT molecular complexity index is 918. The number of fused-ring (bicyclic) bond motifs is 1. The van der Waals surface area contributed by atoms with E-state index in [0.29, 0.717) is 4.47 Å². The average Bonchev–Trinajstić information content (AvgIpc) is 2.50. The Morgan fingerprint density at radius 2 is 1.88 bits per heavy atom. The third kappa shape index (κ3) is 3.85. The summed E-state index contributed by atoms with van der Waals surface area (Å²) in [5, 5.41) is -0.309. The van der Waals surface area contributed by atoms with E-state index in [2.05, 4.69) is 25.9 Å². The summed E-state index contributed by atoms with van der Waals surface area (Å²) in [6.07, 6.45) is -2.78. The molecule has 1 aromatic heterocycles. The Hall–Kier alpha value is -1.93. The van der Waals surface area contributed by atoms with Crippen molar-refractivity contribution in [1.29, 1.82) is 0 Å². The van der Waals surface area contributed by atoms with Crippen molar-refractivity contribution in [3.05, 3.63) is 57.8 Å². The highest BCUT2D eigenvalue weighted by Crippen LogP contribution is 2.34. The van der Waals surface area contributed by atoms with Crippen LogP contribution in [0.4, 0.5) is 29.1 Å². The summed E-state index contributed by atoms with van der Waals surface area (Å²) in [4.78, 5) is 8.84. The monoisotopic (exact) mass is 433 g/mol. The van der Waals surface area contributed by atoms with E-state index in [1.165, 1.54) is 24.3 Å². The summed E-state index contributed by atoms with van der Waals surface area (Å²) in [5.41, 5.74) is 0.233. The van der Waals surface area contributed by atoms with Gasteiger partial charge in [0.25, 0.3) is 6.43 Å². The van der Waals surface area contributed by atoms with Crippen molar-refractivity contribution in [1.82, 2.24) is 9.97 Å². The number of rotatable bonds is 4. The highest BCUT2D eigenvalue weighted by Gasteiger charge is 2.22. The van der Waals surface area contributed by atoms with Crippen LogP contribution in [-0.4, -0.2) is 22.9 Å². The van der Waals surface area contributed by atoms with Gasteiger partial charge in [-0.2, -0.15) is 4.98 Å². The first-order valence-corrected chi connectivity index (χ1v) is 8.16. The molecule has 0 aliphatic rings. The zero-order chi connectivity index (χ0) is 18.1. The van der Waals surface area contributed by atoms with Crippen LogP contribution < -0.4 is 4.90 Å². The van der Waals surface area contributed by atoms with E-state index in [1.807, 2.05) is 0 Å². The Balaban J connectivity index is 2.28. The average molecular weight is 435 g/mol. The van der Waals surface area contributed by atoms with Crippen LogP contribution in [0.3, 0.4) is 0 Å². The Morgan fingerprint density at radius 3 is 2.56 bits per heavy atom. The number of aromatic nitrogens is 2. The number of hydrogen-bond acceptors (Lipinski definition) is 3. The minimum atomic E-state index is -2.78. The summed E-state index contributed by atoms with van der Waals surface area (Å²) in [7, 11) is 0. The zero-order valence-electron chi connectivity index (χ0n) is 12.4. The summed E-state index contributed by atoms with van der Waals surface area (Å²) < 4.78 is 54.7. The maximum Gasteiger partial charge on any atom is 0.256 e. The molecule has 0 N–H and O–H groups in total. The summed E-state index contributed by atoms with van der Waals surface area (Å²) in [5.74, 6) is -1.50. The third-order valence-electron chi connectivity index (χ3n) is 3.36. The number of nitrogens with zero attached hydrogens (tertiary/aromatic N) is 3. The van der Waals surface area contributed by atoms with Crippen molar-refractivity contribution < 1.29 is 17.6 Å². The van der Waals surface area contributed by atoms with Crippen molar-refractivity contribution >= 4 is 49.9 Å². The van der Waals surface area contributed by atoms with Gasteiger partial charge in [0, 0.05) is 10.2 Å². The molecule has 130 valence electrons. The van der Waals surface area contributed by atoms with Gasteiger partial charge in [0.1, 0.15) is 17.5 Å². The molecule has 0 bridgehead atoms. The quantitative estimate of drug-likeness (QED) is 0.388. The molecule has 2 aromatic carbocycles. The van der Waals surface area contributed by atoms with Gasteiger partial charge >= 0.3 is 0 Å². The zero-order valence-corrected chi connectivity index (χ0v) is 14.7. The molecule has 0 unspecified atom stereocenters. The van der Waals surface area contributed by atoms with Crippen LogP contribution in [0.1, 0.15) is 0 Å². The van der Waals surface area contributed by atoms with E-state index < -0.39 is 24.6 Å². The fourth-order valence-corrected chi connectivity index (χ4v) is 3.06. The SMILES string of the molecule is Fc1cc(Br)cc(N(CC(F)F)c2nc(Cl)nc3cccc(F)c23)c1. The van der Waals surface area contributed by atoms with E-state index >= 15 is 0 Å². The highest BCUT2D eigenvalue weighted by molar-refractivity contribution is 9.10. The molecular weight excluding hydrogens is 426 g/mol. The van der Waals surface area contributed by atoms with Gasteiger partial charge in [-0.1, -0.05) is 22.0 Å². The smallest absolute Gasteiger partial charge is 0.256 e. The van der Waals surface area contributed by atoms with Crippen LogP contribution in [0, 0.1) is 11.6 Å². The number of alkyl halides is 2. The molecule has 3 rings (SSSR count). The molecule has 0 radical (unpaired) electrons. The van der Waals surface area contributed by atoms with Gasteiger partial charge in [0.15, 0.2) is 0 Å². The molecule has 0 amide bonds. The molecule has 0 fully saturated rings. The first-order valence-electron chi connectivity index (χ1n) is 6.98. The molecule has 9 heteroatoms. The van der Waals surface area contributed by atoms with E-state index in [1.54, 1.807) is 0 Å². The fraction of sp³-hybridized carbons (Fsp3) is 0.125. The first-order chi connectivity index (χ1) is 11.8. The maximum absolute atomic E-state index is 14.3. The molecule has 0 saturated carbocycles. The third-order valence-corrected chi connectivity index (χ3v) is 3.99. The summed E-state index contributed by atoms with van der Waals surface area (Å²) >= 11 is 8.98. The Labute approximate surface area is 153 Å². The standard InChI is InChI=1S/C16H9BrClF4N3/c17-8-4-9(19)6-10(5-8)25(7-13(21)22)15-14-11(20)2-1-3-12(14)23-16(18)24-15/h1-6,13H,7H2. The van der Waals surface area contributed by atoms with Gasteiger partial charge in [0.2, 0.25) is 5.28 Å². The lowest BCUT2D eigenvalue weighted by molar-refractivity contribution is 0.157. The van der Waals surface area contributed by atoms with Crippen LogP contribution in [0.2, 0.25) is 5.28 Å². The molecule has 3 aromatic rings. The van der Waals surface area contributed by atoms with Gasteiger partial charge in [-0.25, -0.2) is 22.5 Å². The summed E-state index contributed by atoms with van der Waals surface area (Å²) in [6, 6.07) is 7.71. The number of benzene rings is 2. The molecule has 0 aliphatic carbocycles. The first kappa shape index (κ1) is 17.9. The Morgan fingerprint density at radius 1 is 1.12 bits per heavy atom. The Kier molecular flexibility index (Phi) is 5.10. The minimum absolute atomic E-state index is 0.0755. The minimum Gasteiger partial charge on any atom is -0.320 e. The van der Waals surface area contributed by atoms with E-state index in [4.69, 9.17) is 11.6 Å². The van der Waals surface area contributed by atoms with Crippen molar-refractivity contribution in [2.24, 2.45) is 0 Å². The second-order valence-corrected chi connectivity index (χ2v) is 6.33. The predicted octanol–water partition coefficient (Wildman–Crippen LogP) is 5.73. The molecule has 0 aliphatic heterocycles. The van der Waals surface area contributed by atoms with Gasteiger partial charge in [-0.3, -0.25) is 0 Å². The lowest BCUT2D eigenvalue weighted by Gasteiger charge is -2.25. The molecular formula is C16H9BrClF4N3. The highest BCUT2D eigenvalue weighted by atomic mass is 79.9. The molecule has 25 heavy (non-hydrogen) atoms. The second kappa shape index (κ2) is 7.13. The molecule has 0 atom stereocenters.